The lowest BCUT2D eigenvalue weighted by Crippen LogP contribution is -2.07. The molecule has 0 aliphatic carbocycles. The van der Waals surface area contributed by atoms with Crippen LogP contribution in [-0.4, -0.2) is 30.4 Å². The Bertz CT molecular complexity index is 1370. The Kier molecular flexibility index (Phi) is 3.96. The molecule has 5 aromatic rings. The number of nitrogens with one attached hydrogen (secondary N) is 3. The molecule has 0 radical (unpaired) electrons. The van der Waals surface area contributed by atoms with Crippen LogP contribution < -0.4 is 0 Å². The van der Waals surface area contributed by atoms with Crippen molar-refractivity contribution >= 4 is 21.9 Å². The van der Waals surface area contributed by atoms with E-state index in [0.29, 0.717) is 11.2 Å². The number of hydrogen-bond acceptors (Lipinski definition) is 3. The summed E-state index contributed by atoms with van der Waals surface area (Å²) in [5.41, 5.74) is 3.97. The average molecular weight is 410 g/mol. The molecule has 0 saturated carbocycles. The SMILES string of the molecule is CC(C)c1c(-c2ccnc3[nH]ncc23)[nH]c2ccc(-c3c[nH]nc3C(F)(F)F)cc12. The number of H-pyrrole nitrogens is 3. The summed E-state index contributed by atoms with van der Waals surface area (Å²) in [6.07, 6.45) is 0.181. The van der Waals surface area contributed by atoms with E-state index in [4.69, 9.17) is 0 Å². The fraction of sp³-hybridized carbons (Fsp3) is 0.190. The second kappa shape index (κ2) is 6.45. The molecule has 152 valence electrons. The number of aromatic amines is 3. The average Bonchev–Trinajstić information content (AvgIpc) is 3.42. The number of fused-ring (bicyclic) bond motifs is 2. The third-order valence-electron chi connectivity index (χ3n) is 5.26. The van der Waals surface area contributed by atoms with Gasteiger partial charge < -0.3 is 4.98 Å². The van der Waals surface area contributed by atoms with E-state index in [0.717, 1.165) is 33.1 Å². The normalized spacial score (nSPS) is 12.5. The number of aromatic nitrogens is 6. The number of nitrogens with zero attached hydrogens (tertiary/aromatic N) is 3. The molecule has 3 N–H and O–H groups in total. The topological polar surface area (TPSA) is 86.0 Å². The number of pyridine rings is 1. The van der Waals surface area contributed by atoms with Gasteiger partial charge in [-0.2, -0.15) is 23.4 Å². The summed E-state index contributed by atoms with van der Waals surface area (Å²) in [4.78, 5) is 7.73. The highest BCUT2D eigenvalue weighted by Crippen LogP contribution is 2.41. The van der Waals surface area contributed by atoms with Crippen LogP contribution >= 0.6 is 0 Å². The predicted molar refractivity (Wildman–Crippen MR) is 108 cm³/mol. The van der Waals surface area contributed by atoms with E-state index in [-0.39, 0.29) is 11.5 Å². The number of halogens is 3. The largest absolute Gasteiger partial charge is 0.435 e. The summed E-state index contributed by atoms with van der Waals surface area (Å²) < 4.78 is 40.0. The van der Waals surface area contributed by atoms with Gasteiger partial charge in [0.05, 0.1) is 11.9 Å². The van der Waals surface area contributed by atoms with Crippen LogP contribution in [0.4, 0.5) is 13.2 Å². The van der Waals surface area contributed by atoms with Crippen molar-refractivity contribution in [3.8, 4) is 22.4 Å². The molecule has 4 aromatic heterocycles. The van der Waals surface area contributed by atoms with Crippen LogP contribution in [0, 0.1) is 0 Å². The molecule has 0 fully saturated rings. The van der Waals surface area contributed by atoms with E-state index in [9.17, 15) is 13.2 Å². The molecule has 0 bridgehead atoms. The van der Waals surface area contributed by atoms with Crippen LogP contribution in [0.25, 0.3) is 44.3 Å². The molecule has 0 spiro atoms. The van der Waals surface area contributed by atoms with Crippen molar-refractivity contribution in [3.05, 3.63) is 54.1 Å². The molecule has 0 amide bonds. The van der Waals surface area contributed by atoms with Crippen LogP contribution in [0.1, 0.15) is 31.0 Å². The van der Waals surface area contributed by atoms with E-state index in [1.165, 1.54) is 6.20 Å². The van der Waals surface area contributed by atoms with Crippen molar-refractivity contribution in [1.82, 2.24) is 30.4 Å². The zero-order chi connectivity index (χ0) is 21.0. The highest BCUT2D eigenvalue weighted by Gasteiger charge is 2.36. The van der Waals surface area contributed by atoms with E-state index >= 15 is 0 Å². The zero-order valence-electron chi connectivity index (χ0n) is 16.1. The fourth-order valence-electron chi connectivity index (χ4n) is 3.99. The number of hydrogen-bond donors (Lipinski definition) is 3. The van der Waals surface area contributed by atoms with Gasteiger partial charge in [-0.05, 0) is 35.2 Å². The fourth-order valence-corrected chi connectivity index (χ4v) is 3.99. The Morgan fingerprint density at radius 3 is 2.63 bits per heavy atom. The lowest BCUT2D eigenvalue weighted by atomic mass is 9.94. The lowest BCUT2D eigenvalue weighted by Gasteiger charge is -2.10. The van der Waals surface area contributed by atoms with Gasteiger partial charge in [-0.25, -0.2) is 4.98 Å². The van der Waals surface area contributed by atoms with Crippen LogP contribution in [0.15, 0.2) is 42.9 Å². The highest BCUT2D eigenvalue weighted by molar-refractivity contribution is 5.99. The summed E-state index contributed by atoms with van der Waals surface area (Å²) in [5.74, 6) is 0.130. The van der Waals surface area contributed by atoms with Crippen molar-refractivity contribution in [3.63, 3.8) is 0 Å². The van der Waals surface area contributed by atoms with Crippen LogP contribution in [-0.2, 0) is 6.18 Å². The van der Waals surface area contributed by atoms with Crippen LogP contribution in [0.5, 0.6) is 0 Å². The standard InChI is InChI=1S/C21H17F3N6/c1-10(2)17-13-7-11(14-8-26-29-19(14)21(22,23)24)3-4-16(13)28-18(17)12-5-6-25-20-15(12)9-27-30-20/h3-10,28H,1-2H3,(H,26,29)(H,25,27,30). The molecule has 9 heteroatoms. The molecule has 4 heterocycles. The monoisotopic (exact) mass is 410 g/mol. The molecule has 0 aliphatic heterocycles. The first-order chi connectivity index (χ1) is 14.3. The summed E-state index contributed by atoms with van der Waals surface area (Å²) in [5, 5.41) is 14.4. The quantitative estimate of drug-likeness (QED) is 0.360. The van der Waals surface area contributed by atoms with Crippen LogP contribution in [0.2, 0.25) is 0 Å². The molecule has 30 heavy (non-hydrogen) atoms. The van der Waals surface area contributed by atoms with Gasteiger partial charge in [0.25, 0.3) is 0 Å². The van der Waals surface area contributed by atoms with Gasteiger partial charge in [-0.1, -0.05) is 19.9 Å². The van der Waals surface area contributed by atoms with E-state index in [2.05, 4.69) is 44.2 Å². The molecule has 0 aliphatic rings. The summed E-state index contributed by atoms with van der Waals surface area (Å²) in [6, 6.07) is 7.18. The molecule has 1 aromatic carbocycles. The Balaban J connectivity index is 1.76. The first-order valence-electron chi connectivity index (χ1n) is 9.40. The van der Waals surface area contributed by atoms with Crippen molar-refractivity contribution < 1.29 is 13.2 Å². The first-order valence-corrected chi connectivity index (χ1v) is 9.40. The number of benzene rings is 1. The van der Waals surface area contributed by atoms with Crippen molar-refractivity contribution in [2.24, 2.45) is 0 Å². The molecular weight excluding hydrogens is 393 g/mol. The maximum atomic E-state index is 13.3. The van der Waals surface area contributed by atoms with Crippen molar-refractivity contribution in [2.75, 3.05) is 0 Å². The highest BCUT2D eigenvalue weighted by atomic mass is 19.4. The van der Waals surface area contributed by atoms with E-state index in [1.54, 1.807) is 30.6 Å². The molecule has 5 rings (SSSR count). The number of rotatable bonds is 3. The second-order valence-electron chi connectivity index (χ2n) is 7.46. The smallest absolute Gasteiger partial charge is 0.354 e. The first kappa shape index (κ1) is 18.4. The maximum Gasteiger partial charge on any atom is 0.435 e. The molecule has 6 nitrogen and oxygen atoms in total. The minimum absolute atomic E-state index is 0.0305. The Morgan fingerprint density at radius 1 is 1.03 bits per heavy atom. The second-order valence-corrected chi connectivity index (χ2v) is 7.46. The lowest BCUT2D eigenvalue weighted by molar-refractivity contribution is -0.140. The molecular formula is C21H17F3N6. The predicted octanol–water partition coefficient (Wildman–Crippen LogP) is 5.64. The van der Waals surface area contributed by atoms with Gasteiger partial charge in [0, 0.05) is 39.8 Å². The molecule has 0 atom stereocenters. The van der Waals surface area contributed by atoms with Gasteiger partial charge >= 0.3 is 6.18 Å². The van der Waals surface area contributed by atoms with Crippen LogP contribution in [0.3, 0.4) is 0 Å². The van der Waals surface area contributed by atoms with E-state index in [1.807, 2.05) is 6.07 Å². The minimum atomic E-state index is -4.53. The van der Waals surface area contributed by atoms with E-state index < -0.39 is 11.9 Å². The third-order valence-corrected chi connectivity index (χ3v) is 5.26. The maximum absolute atomic E-state index is 13.3. The third kappa shape index (κ3) is 2.77. The van der Waals surface area contributed by atoms with Gasteiger partial charge in [0.2, 0.25) is 0 Å². The summed E-state index contributed by atoms with van der Waals surface area (Å²) in [6.45, 7) is 4.12. The van der Waals surface area contributed by atoms with Gasteiger partial charge in [0.1, 0.15) is 0 Å². The minimum Gasteiger partial charge on any atom is -0.354 e. The van der Waals surface area contributed by atoms with Crippen molar-refractivity contribution in [1.29, 1.82) is 0 Å². The van der Waals surface area contributed by atoms with Gasteiger partial charge in [-0.15, -0.1) is 0 Å². The Hall–Kier alpha value is -3.62. The molecule has 0 unspecified atom stereocenters. The van der Waals surface area contributed by atoms with Gasteiger partial charge in [0.15, 0.2) is 11.3 Å². The zero-order valence-corrected chi connectivity index (χ0v) is 16.1. The summed E-state index contributed by atoms with van der Waals surface area (Å²) >= 11 is 0. The number of alkyl halides is 3. The van der Waals surface area contributed by atoms with Gasteiger partial charge in [-0.3, -0.25) is 10.2 Å². The molecule has 0 saturated heterocycles. The van der Waals surface area contributed by atoms with Crippen molar-refractivity contribution in [2.45, 2.75) is 25.9 Å². The Morgan fingerprint density at radius 2 is 1.87 bits per heavy atom. The Labute approximate surface area is 168 Å². The summed E-state index contributed by atoms with van der Waals surface area (Å²) in [7, 11) is 0.